The van der Waals surface area contributed by atoms with Gasteiger partial charge in [-0.1, -0.05) is 32.0 Å². The van der Waals surface area contributed by atoms with Crippen molar-refractivity contribution >= 4 is 11.3 Å². The molecule has 0 aliphatic heterocycles. The monoisotopic (exact) mass is 304 g/mol. The van der Waals surface area contributed by atoms with Gasteiger partial charge < -0.3 is 5.32 Å². The average Bonchev–Trinajstić information content (AvgIpc) is 2.81. The molecule has 1 aliphatic carbocycles. The predicted molar refractivity (Wildman–Crippen MR) is 85.2 cm³/mol. The molecule has 1 heterocycles. The van der Waals surface area contributed by atoms with Crippen LogP contribution in [0.5, 0.6) is 0 Å². The quantitative estimate of drug-likeness (QED) is 0.923. The van der Waals surface area contributed by atoms with Gasteiger partial charge in [0.05, 0.1) is 10.7 Å². The lowest BCUT2D eigenvalue weighted by atomic mass is 9.76. The Morgan fingerprint density at radius 1 is 1.38 bits per heavy atom. The van der Waals surface area contributed by atoms with Crippen molar-refractivity contribution in [3.63, 3.8) is 0 Å². The third-order valence-corrected chi connectivity index (χ3v) is 5.35. The topological polar surface area (TPSA) is 24.9 Å². The van der Waals surface area contributed by atoms with Crippen molar-refractivity contribution < 1.29 is 4.39 Å². The van der Waals surface area contributed by atoms with E-state index in [-0.39, 0.29) is 11.2 Å². The second-order valence-electron chi connectivity index (χ2n) is 6.57. The first kappa shape index (κ1) is 14.7. The summed E-state index contributed by atoms with van der Waals surface area (Å²) in [5.41, 5.74) is 2.19. The van der Waals surface area contributed by atoms with Crippen LogP contribution in [0, 0.1) is 11.2 Å². The maximum absolute atomic E-state index is 13.8. The number of fused-ring (bicyclic) bond motifs is 1. The molecule has 1 aromatic carbocycles. The van der Waals surface area contributed by atoms with Crippen LogP contribution >= 0.6 is 11.3 Å². The first-order valence-corrected chi connectivity index (χ1v) is 8.19. The summed E-state index contributed by atoms with van der Waals surface area (Å²) >= 11 is 1.73. The predicted octanol–water partition coefficient (Wildman–Crippen LogP) is 4.11. The molecule has 0 radical (unpaired) electrons. The lowest BCUT2D eigenvalue weighted by molar-refractivity contribution is 0.265. The van der Waals surface area contributed by atoms with Crippen molar-refractivity contribution in [2.24, 2.45) is 5.41 Å². The SMILES string of the molecule is CNC1CC(C)(C)Cc2nc(Cc3ccccc3F)sc21. The Balaban J connectivity index is 1.90. The van der Waals surface area contributed by atoms with E-state index in [2.05, 4.69) is 19.2 Å². The number of thiazole rings is 1. The minimum absolute atomic E-state index is 0.142. The second-order valence-corrected chi connectivity index (χ2v) is 7.69. The van der Waals surface area contributed by atoms with Gasteiger partial charge in [0.1, 0.15) is 5.82 Å². The van der Waals surface area contributed by atoms with E-state index in [0.29, 0.717) is 12.5 Å². The van der Waals surface area contributed by atoms with E-state index in [9.17, 15) is 4.39 Å². The summed E-state index contributed by atoms with van der Waals surface area (Å²) in [6.45, 7) is 4.58. The molecule has 0 bridgehead atoms. The van der Waals surface area contributed by atoms with E-state index in [1.165, 1.54) is 16.6 Å². The zero-order valence-electron chi connectivity index (χ0n) is 12.7. The van der Waals surface area contributed by atoms with Crippen LogP contribution in [0.4, 0.5) is 4.39 Å². The average molecular weight is 304 g/mol. The highest BCUT2D eigenvalue weighted by Gasteiger charge is 2.34. The van der Waals surface area contributed by atoms with Gasteiger partial charge in [-0.25, -0.2) is 9.37 Å². The van der Waals surface area contributed by atoms with Gasteiger partial charge in [-0.3, -0.25) is 0 Å². The van der Waals surface area contributed by atoms with Crippen LogP contribution in [0.2, 0.25) is 0 Å². The summed E-state index contributed by atoms with van der Waals surface area (Å²) in [5.74, 6) is -0.142. The van der Waals surface area contributed by atoms with Crippen molar-refractivity contribution in [1.29, 1.82) is 0 Å². The molecule has 112 valence electrons. The number of hydrogen-bond acceptors (Lipinski definition) is 3. The summed E-state index contributed by atoms with van der Waals surface area (Å²) in [7, 11) is 2.01. The molecule has 0 saturated carbocycles. The van der Waals surface area contributed by atoms with E-state index in [1.807, 2.05) is 19.2 Å². The fourth-order valence-electron chi connectivity index (χ4n) is 3.10. The Labute approximate surface area is 129 Å². The van der Waals surface area contributed by atoms with Crippen LogP contribution < -0.4 is 5.32 Å². The van der Waals surface area contributed by atoms with E-state index >= 15 is 0 Å². The van der Waals surface area contributed by atoms with E-state index in [4.69, 9.17) is 4.98 Å². The summed E-state index contributed by atoms with van der Waals surface area (Å²) in [5, 5.41) is 4.42. The van der Waals surface area contributed by atoms with Crippen LogP contribution in [0.1, 0.15) is 47.5 Å². The van der Waals surface area contributed by atoms with Crippen molar-refractivity contribution in [3.8, 4) is 0 Å². The zero-order valence-corrected chi connectivity index (χ0v) is 13.6. The molecule has 2 nitrogen and oxygen atoms in total. The number of benzene rings is 1. The Bertz CT molecular complexity index is 648. The Morgan fingerprint density at radius 3 is 2.86 bits per heavy atom. The van der Waals surface area contributed by atoms with E-state index in [1.54, 1.807) is 17.4 Å². The molecule has 3 rings (SSSR count). The zero-order chi connectivity index (χ0) is 15.0. The van der Waals surface area contributed by atoms with Crippen LogP contribution in [0.15, 0.2) is 24.3 Å². The molecule has 1 aliphatic rings. The van der Waals surface area contributed by atoms with Gasteiger partial charge in [-0.2, -0.15) is 0 Å². The fourth-order valence-corrected chi connectivity index (χ4v) is 4.31. The van der Waals surface area contributed by atoms with Gasteiger partial charge in [-0.15, -0.1) is 11.3 Å². The number of hydrogen-bond donors (Lipinski definition) is 1. The maximum atomic E-state index is 13.8. The van der Waals surface area contributed by atoms with Crippen LogP contribution in [0.3, 0.4) is 0 Å². The van der Waals surface area contributed by atoms with Crippen LogP contribution in [-0.4, -0.2) is 12.0 Å². The molecule has 0 spiro atoms. The molecule has 1 atom stereocenters. The molecule has 0 saturated heterocycles. The molecule has 4 heteroatoms. The van der Waals surface area contributed by atoms with Gasteiger partial charge >= 0.3 is 0 Å². The lowest BCUT2D eigenvalue weighted by Crippen LogP contribution is -2.30. The molecule has 1 N–H and O–H groups in total. The van der Waals surface area contributed by atoms with E-state index in [0.717, 1.165) is 23.4 Å². The van der Waals surface area contributed by atoms with Crippen molar-refractivity contribution in [2.45, 2.75) is 39.2 Å². The number of nitrogens with one attached hydrogen (secondary N) is 1. The van der Waals surface area contributed by atoms with Gasteiger partial charge in [0.25, 0.3) is 0 Å². The summed E-state index contributed by atoms with van der Waals surface area (Å²) in [6, 6.07) is 7.34. The third-order valence-electron chi connectivity index (χ3n) is 4.14. The maximum Gasteiger partial charge on any atom is 0.126 e. The highest BCUT2D eigenvalue weighted by atomic mass is 32.1. The number of rotatable bonds is 3. The lowest BCUT2D eigenvalue weighted by Gasteiger charge is -2.34. The molecular weight excluding hydrogens is 283 g/mol. The standard InChI is InChI=1S/C17H21FN2S/c1-17(2)9-13(19-3)16-14(10-17)20-15(21-16)8-11-6-4-5-7-12(11)18/h4-7,13,19H,8-10H2,1-3H3. The largest absolute Gasteiger partial charge is 0.312 e. The smallest absolute Gasteiger partial charge is 0.126 e. The summed E-state index contributed by atoms with van der Waals surface area (Å²) < 4.78 is 13.8. The molecule has 1 aromatic heterocycles. The second kappa shape index (κ2) is 5.50. The highest BCUT2D eigenvalue weighted by Crippen LogP contribution is 2.43. The van der Waals surface area contributed by atoms with E-state index < -0.39 is 0 Å². The molecule has 0 fully saturated rings. The van der Waals surface area contributed by atoms with Gasteiger partial charge in [0, 0.05) is 17.3 Å². The van der Waals surface area contributed by atoms with Gasteiger partial charge in [-0.05, 0) is 36.9 Å². The Hall–Kier alpha value is -1.26. The minimum atomic E-state index is -0.142. The van der Waals surface area contributed by atoms with Gasteiger partial charge in [0.2, 0.25) is 0 Å². The Kier molecular flexibility index (Phi) is 3.84. The molecule has 2 aromatic rings. The van der Waals surface area contributed by atoms with Gasteiger partial charge in [0.15, 0.2) is 0 Å². The highest BCUT2D eigenvalue weighted by molar-refractivity contribution is 7.11. The van der Waals surface area contributed by atoms with Crippen molar-refractivity contribution in [1.82, 2.24) is 10.3 Å². The van der Waals surface area contributed by atoms with Crippen LogP contribution in [0.25, 0.3) is 0 Å². The molecular formula is C17H21FN2S. The number of aromatic nitrogens is 1. The molecule has 0 amide bonds. The first-order valence-electron chi connectivity index (χ1n) is 7.38. The number of halogens is 1. The number of nitrogens with zero attached hydrogens (tertiary/aromatic N) is 1. The summed E-state index contributed by atoms with van der Waals surface area (Å²) in [6.07, 6.45) is 2.72. The third kappa shape index (κ3) is 3.01. The Morgan fingerprint density at radius 2 is 2.14 bits per heavy atom. The van der Waals surface area contributed by atoms with Crippen molar-refractivity contribution in [2.75, 3.05) is 7.05 Å². The minimum Gasteiger partial charge on any atom is -0.312 e. The molecule has 1 unspecified atom stereocenters. The van der Waals surface area contributed by atoms with Crippen molar-refractivity contribution in [3.05, 3.63) is 51.2 Å². The molecule has 21 heavy (non-hydrogen) atoms. The summed E-state index contributed by atoms with van der Waals surface area (Å²) in [4.78, 5) is 6.13. The fraction of sp³-hybridized carbons (Fsp3) is 0.471. The van der Waals surface area contributed by atoms with Crippen LogP contribution in [-0.2, 0) is 12.8 Å². The normalized spacial score (nSPS) is 20.3. The first-order chi connectivity index (χ1) is 9.98.